The summed E-state index contributed by atoms with van der Waals surface area (Å²) in [6.07, 6.45) is 5.10. The van der Waals surface area contributed by atoms with E-state index in [1.54, 1.807) is 24.5 Å². The molecular formula is C22H27FN2O3. The van der Waals surface area contributed by atoms with Crippen molar-refractivity contribution in [3.63, 3.8) is 0 Å². The molecule has 0 spiro atoms. The number of piperidine rings is 2. The highest BCUT2D eigenvalue weighted by Crippen LogP contribution is 2.25. The van der Waals surface area contributed by atoms with Crippen LogP contribution in [-0.4, -0.2) is 48.0 Å². The number of hydrogen-bond acceptors (Lipinski definition) is 4. The van der Waals surface area contributed by atoms with Crippen molar-refractivity contribution in [2.75, 3.05) is 26.2 Å². The van der Waals surface area contributed by atoms with E-state index in [0.29, 0.717) is 18.8 Å². The predicted octanol–water partition coefficient (Wildman–Crippen LogP) is 3.70. The molecule has 28 heavy (non-hydrogen) atoms. The number of nitrogens with zero attached hydrogens (tertiary/aromatic N) is 2. The van der Waals surface area contributed by atoms with E-state index in [1.807, 2.05) is 17.0 Å². The Kier molecular flexibility index (Phi) is 5.95. The molecule has 150 valence electrons. The van der Waals surface area contributed by atoms with Crippen molar-refractivity contribution < 1.29 is 18.3 Å². The molecule has 0 radical (unpaired) electrons. The Hall–Kier alpha value is -2.34. The van der Waals surface area contributed by atoms with Crippen LogP contribution in [0.1, 0.15) is 31.4 Å². The van der Waals surface area contributed by atoms with Gasteiger partial charge in [-0.1, -0.05) is 12.1 Å². The van der Waals surface area contributed by atoms with E-state index in [2.05, 4.69) is 4.90 Å². The summed E-state index contributed by atoms with van der Waals surface area (Å²) in [5, 5.41) is 0. The van der Waals surface area contributed by atoms with Crippen LogP contribution < -0.4 is 4.74 Å². The van der Waals surface area contributed by atoms with E-state index in [0.717, 1.165) is 51.1 Å². The molecule has 0 aliphatic carbocycles. The number of benzene rings is 1. The number of hydrogen-bond donors (Lipinski definition) is 0. The maximum absolute atomic E-state index is 13.8. The lowest BCUT2D eigenvalue weighted by Gasteiger charge is -2.37. The standard InChI is InChI=1S/C22H27FN2O3/c23-20-7-1-2-8-21(20)28-18-9-12-25(13-10-18)22(26)17-5-3-11-24(15-17)16-19-6-4-14-27-19/h1-2,4,6-8,14,17-18H,3,5,9-13,15-16H2/t17-/m1/s1. The molecule has 2 aromatic rings. The van der Waals surface area contributed by atoms with E-state index >= 15 is 0 Å². The molecule has 0 N–H and O–H groups in total. The molecule has 2 aliphatic rings. The van der Waals surface area contributed by atoms with Crippen molar-refractivity contribution in [1.29, 1.82) is 0 Å². The fraction of sp³-hybridized carbons (Fsp3) is 0.500. The van der Waals surface area contributed by atoms with Gasteiger partial charge in [-0.3, -0.25) is 9.69 Å². The number of carbonyl (C=O) groups is 1. The van der Waals surface area contributed by atoms with Crippen LogP contribution >= 0.6 is 0 Å². The summed E-state index contributed by atoms with van der Waals surface area (Å²) in [4.78, 5) is 17.3. The number of amides is 1. The van der Waals surface area contributed by atoms with Crippen molar-refractivity contribution in [3.8, 4) is 5.75 Å². The first-order valence-corrected chi connectivity index (χ1v) is 10.1. The van der Waals surface area contributed by atoms with Gasteiger partial charge >= 0.3 is 0 Å². The molecule has 0 unspecified atom stereocenters. The van der Waals surface area contributed by atoms with Crippen LogP contribution in [0.25, 0.3) is 0 Å². The quantitative estimate of drug-likeness (QED) is 0.786. The van der Waals surface area contributed by atoms with E-state index in [1.165, 1.54) is 6.07 Å². The highest BCUT2D eigenvalue weighted by atomic mass is 19.1. The van der Waals surface area contributed by atoms with E-state index in [9.17, 15) is 9.18 Å². The molecule has 1 amide bonds. The Balaban J connectivity index is 1.27. The summed E-state index contributed by atoms with van der Waals surface area (Å²) in [5.41, 5.74) is 0. The number of likely N-dealkylation sites (tertiary alicyclic amines) is 2. The molecule has 5 nitrogen and oxygen atoms in total. The van der Waals surface area contributed by atoms with Gasteiger partial charge in [-0.15, -0.1) is 0 Å². The second-order valence-corrected chi connectivity index (χ2v) is 7.73. The van der Waals surface area contributed by atoms with Gasteiger partial charge in [0.15, 0.2) is 11.6 Å². The molecule has 2 saturated heterocycles. The Morgan fingerprint density at radius 3 is 2.68 bits per heavy atom. The summed E-state index contributed by atoms with van der Waals surface area (Å²) in [5.74, 6) is 1.20. The molecule has 2 fully saturated rings. The second-order valence-electron chi connectivity index (χ2n) is 7.73. The van der Waals surface area contributed by atoms with Gasteiger partial charge in [0.1, 0.15) is 11.9 Å². The molecule has 1 atom stereocenters. The van der Waals surface area contributed by atoms with E-state index in [4.69, 9.17) is 9.15 Å². The summed E-state index contributed by atoms with van der Waals surface area (Å²) < 4.78 is 25.0. The highest BCUT2D eigenvalue weighted by Gasteiger charge is 2.32. The zero-order valence-corrected chi connectivity index (χ0v) is 16.1. The zero-order chi connectivity index (χ0) is 19.3. The Labute approximate surface area is 165 Å². The normalized spacial score (nSPS) is 21.6. The van der Waals surface area contributed by atoms with E-state index in [-0.39, 0.29) is 23.7 Å². The largest absolute Gasteiger partial charge is 0.487 e. The van der Waals surface area contributed by atoms with Crippen LogP contribution in [-0.2, 0) is 11.3 Å². The molecule has 1 aromatic heterocycles. The highest BCUT2D eigenvalue weighted by molar-refractivity contribution is 5.79. The van der Waals surface area contributed by atoms with Crippen molar-refractivity contribution in [2.24, 2.45) is 5.92 Å². The summed E-state index contributed by atoms with van der Waals surface area (Å²) in [7, 11) is 0. The van der Waals surface area contributed by atoms with Crippen LogP contribution in [0.5, 0.6) is 5.75 Å². The van der Waals surface area contributed by atoms with Gasteiger partial charge in [-0.05, 0) is 43.7 Å². The van der Waals surface area contributed by atoms with Gasteiger partial charge in [-0.25, -0.2) is 4.39 Å². The Morgan fingerprint density at radius 2 is 1.93 bits per heavy atom. The third-order valence-corrected chi connectivity index (χ3v) is 5.70. The van der Waals surface area contributed by atoms with Gasteiger partial charge in [0.25, 0.3) is 0 Å². The minimum Gasteiger partial charge on any atom is -0.487 e. The minimum absolute atomic E-state index is 0.0391. The number of furan rings is 1. The van der Waals surface area contributed by atoms with Gasteiger partial charge in [0, 0.05) is 32.5 Å². The van der Waals surface area contributed by atoms with Crippen molar-refractivity contribution >= 4 is 5.91 Å². The van der Waals surface area contributed by atoms with Crippen molar-refractivity contribution in [1.82, 2.24) is 9.80 Å². The van der Waals surface area contributed by atoms with Crippen LogP contribution in [0.15, 0.2) is 47.1 Å². The maximum atomic E-state index is 13.8. The van der Waals surface area contributed by atoms with Crippen molar-refractivity contribution in [3.05, 3.63) is 54.2 Å². The number of rotatable bonds is 5. The Morgan fingerprint density at radius 1 is 1.11 bits per heavy atom. The monoisotopic (exact) mass is 386 g/mol. The molecule has 1 aromatic carbocycles. The first kappa shape index (κ1) is 19.0. The summed E-state index contributed by atoms with van der Waals surface area (Å²) >= 11 is 0. The van der Waals surface area contributed by atoms with Crippen molar-refractivity contribution in [2.45, 2.75) is 38.3 Å². The topological polar surface area (TPSA) is 45.9 Å². The summed E-state index contributed by atoms with van der Waals surface area (Å²) in [6.45, 7) is 3.89. The molecule has 0 bridgehead atoms. The lowest BCUT2D eigenvalue weighted by Crippen LogP contribution is -2.48. The third kappa shape index (κ3) is 4.55. The number of ether oxygens (including phenoxy) is 1. The van der Waals surface area contributed by atoms with E-state index < -0.39 is 0 Å². The van der Waals surface area contributed by atoms with Crippen LogP contribution in [0.4, 0.5) is 4.39 Å². The third-order valence-electron chi connectivity index (χ3n) is 5.70. The lowest BCUT2D eigenvalue weighted by molar-refractivity contribution is -0.139. The van der Waals surface area contributed by atoms with Crippen LogP contribution in [0.3, 0.4) is 0 Å². The molecule has 3 heterocycles. The van der Waals surface area contributed by atoms with Gasteiger partial charge in [0.2, 0.25) is 5.91 Å². The smallest absolute Gasteiger partial charge is 0.226 e. The predicted molar refractivity (Wildman–Crippen MR) is 103 cm³/mol. The first-order valence-electron chi connectivity index (χ1n) is 10.1. The van der Waals surface area contributed by atoms with Crippen LogP contribution in [0.2, 0.25) is 0 Å². The minimum atomic E-state index is -0.333. The fourth-order valence-electron chi connectivity index (χ4n) is 4.20. The second kappa shape index (κ2) is 8.78. The molecule has 2 aliphatic heterocycles. The lowest BCUT2D eigenvalue weighted by atomic mass is 9.95. The molecule has 6 heteroatoms. The molecule has 4 rings (SSSR count). The van der Waals surface area contributed by atoms with Gasteiger partial charge in [-0.2, -0.15) is 0 Å². The average Bonchev–Trinajstić information content (AvgIpc) is 3.23. The van der Waals surface area contributed by atoms with Gasteiger partial charge in [0.05, 0.1) is 18.7 Å². The molecular weight excluding hydrogens is 359 g/mol. The zero-order valence-electron chi connectivity index (χ0n) is 16.1. The van der Waals surface area contributed by atoms with Crippen LogP contribution in [0, 0.1) is 11.7 Å². The number of carbonyl (C=O) groups excluding carboxylic acids is 1. The Bertz CT molecular complexity index is 772. The number of para-hydroxylation sites is 1. The average molecular weight is 386 g/mol. The van der Waals surface area contributed by atoms with Gasteiger partial charge < -0.3 is 14.1 Å². The first-order chi connectivity index (χ1) is 13.7. The SMILES string of the molecule is O=C([C@@H]1CCCN(Cc2ccco2)C1)N1CCC(Oc2ccccc2F)CC1. The number of halogens is 1. The summed E-state index contributed by atoms with van der Waals surface area (Å²) in [6, 6.07) is 10.4. The fourth-order valence-corrected chi connectivity index (χ4v) is 4.20. The maximum Gasteiger partial charge on any atom is 0.226 e. The molecule has 0 saturated carbocycles.